The summed E-state index contributed by atoms with van der Waals surface area (Å²) < 4.78 is 0. The Morgan fingerprint density at radius 3 is 2.90 bits per heavy atom. The number of aldehydes is 1. The number of aromatic nitrogens is 1. The van der Waals surface area contributed by atoms with Gasteiger partial charge in [-0.1, -0.05) is 12.2 Å². The van der Waals surface area contributed by atoms with E-state index in [9.17, 15) is 4.79 Å². The smallest absolute Gasteiger partial charge is 0.166 e. The van der Waals surface area contributed by atoms with E-state index in [-0.39, 0.29) is 0 Å². The minimum Gasteiger partial charge on any atom is -0.358 e. The van der Waals surface area contributed by atoms with Gasteiger partial charge < -0.3 is 4.98 Å². The third-order valence-corrected chi connectivity index (χ3v) is 1.21. The molecule has 0 aliphatic heterocycles. The molecular formula is C8H9NO. The lowest BCUT2D eigenvalue weighted by molar-refractivity contribution is 0.111. The summed E-state index contributed by atoms with van der Waals surface area (Å²) >= 11 is 0. The van der Waals surface area contributed by atoms with E-state index in [4.69, 9.17) is 0 Å². The number of aromatic amines is 1. The van der Waals surface area contributed by atoms with E-state index in [0.29, 0.717) is 5.69 Å². The van der Waals surface area contributed by atoms with Gasteiger partial charge in [-0.25, -0.2) is 0 Å². The average Bonchev–Trinajstić information content (AvgIpc) is 2.37. The lowest BCUT2D eigenvalue weighted by Gasteiger charge is -1.76. The molecule has 2 nitrogen and oxygen atoms in total. The van der Waals surface area contributed by atoms with Crippen molar-refractivity contribution in [3.8, 4) is 0 Å². The van der Waals surface area contributed by atoms with Crippen LogP contribution in [0.1, 0.15) is 23.0 Å². The van der Waals surface area contributed by atoms with Gasteiger partial charge in [0.2, 0.25) is 0 Å². The van der Waals surface area contributed by atoms with Crippen molar-refractivity contribution in [1.29, 1.82) is 0 Å². The summed E-state index contributed by atoms with van der Waals surface area (Å²) in [5, 5.41) is 0. The molecule has 10 heavy (non-hydrogen) atoms. The number of H-pyrrole nitrogens is 1. The topological polar surface area (TPSA) is 32.9 Å². The molecule has 0 atom stereocenters. The first kappa shape index (κ1) is 6.81. The van der Waals surface area contributed by atoms with Crippen LogP contribution in [0.5, 0.6) is 0 Å². The van der Waals surface area contributed by atoms with Crippen LogP contribution in [0.25, 0.3) is 6.08 Å². The number of nitrogens with one attached hydrogen (secondary N) is 1. The van der Waals surface area contributed by atoms with Crippen molar-refractivity contribution in [2.75, 3.05) is 0 Å². The fourth-order valence-electron chi connectivity index (χ4n) is 0.786. The van der Waals surface area contributed by atoms with Crippen LogP contribution in [-0.4, -0.2) is 11.3 Å². The van der Waals surface area contributed by atoms with Crippen molar-refractivity contribution < 1.29 is 4.79 Å². The van der Waals surface area contributed by atoms with E-state index in [2.05, 4.69) is 4.98 Å². The summed E-state index contributed by atoms with van der Waals surface area (Å²) in [6.07, 6.45) is 6.46. The predicted octanol–water partition coefficient (Wildman–Crippen LogP) is 1.86. The highest BCUT2D eigenvalue weighted by atomic mass is 16.1. The first-order chi connectivity index (χ1) is 4.86. The van der Waals surface area contributed by atoms with E-state index in [1.165, 1.54) is 0 Å². The van der Waals surface area contributed by atoms with Crippen molar-refractivity contribution in [3.05, 3.63) is 29.6 Å². The maximum atomic E-state index is 10.2. The summed E-state index contributed by atoms with van der Waals surface area (Å²) in [5.74, 6) is 0. The molecule has 0 saturated carbocycles. The van der Waals surface area contributed by atoms with Gasteiger partial charge in [-0.3, -0.25) is 4.79 Å². The van der Waals surface area contributed by atoms with Crippen LogP contribution in [0.3, 0.4) is 0 Å². The predicted molar refractivity (Wildman–Crippen MR) is 40.9 cm³/mol. The summed E-state index contributed by atoms with van der Waals surface area (Å²) in [5.41, 5.74) is 1.65. The molecule has 0 bridgehead atoms. The van der Waals surface area contributed by atoms with Crippen LogP contribution in [0.2, 0.25) is 0 Å². The highest BCUT2D eigenvalue weighted by Crippen LogP contribution is 2.02. The molecule has 0 radical (unpaired) electrons. The summed E-state index contributed by atoms with van der Waals surface area (Å²) in [4.78, 5) is 13.0. The Labute approximate surface area is 59.6 Å². The quantitative estimate of drug-likeness (QED) is 0.617. The first-order valence-corrected chi connectivity index (χ1v) is 3.13. The SMILES string of the molecule is CC=Cc1c[nH]c(C=O)c1. The second kappa shape index (κ2) is 3.01. The molecule has 1 heterocycles. The molecule has 0 saturated heterocycles. The fourth-order valence-corrected chi connectivity index (χ4v) is 0.786. The molecule has 52 valence electrons. The number of carbonyl (C=O) groups is 1. The molecule has 0 fully saturated rings. The van der Waals surface area contributed by atoms with E-state index in [1.807, 2.05) is 19.1 Å². The van der Waals surface area contributed by atoms with E-state index in [0.717, 1.165) is 11.8 Å². The first-order valence-electron chi connectivity index (χ1n) is 3.13. The molecule has 0 amide bonds. The maximum absolute atomic E-state index is 10.2. The minimum atomic E-state index is 0.619. The van der Waals surface area contributed by atoms with Gasteiger partial charge in [0.1, 0.15) is 0 Å². The van der Waals surface area contributed by atoms with Gasteiger partial charge in [-0.2, -0.15) is 0 Å². The molecule has 2 heteroatoms. The maximum Gasteiger partial charge on any atom is 0.166 e. The Kier molecular flexibility index (Phi) is 2.05. The largest absolute Gasteiger partial charge is 0.358 e. The van der Waals surface area contributed by atoms with Crippen molar-refractivity contribution in [1.82, 2.24) is 4.98 Å². The zero-order valence-electron chi connectivity index (χ0n) is 5.79. The lowest BCUT2D eigenvalue weighted by atomic mass is 10.3. The summed E-state index contributed by atoms with van der Waals surface area (Å²) in [7, 11) is 0. The highest BCUT2D eigenvalue weighted by Gasteiger charge is 1.91. The third-order valence-electron chi connectivity index (χ3n) is 1.21. The van der Waals surface area contributed by atoms with Gasteiger partial charge in [-0.15, -0.1) is 0 Å². The molecule has 1 rings (SSSR count). The van der Waals surface area contributed by atoms with Gasteiger partial charge in [-0.05, 0) is 18.6 Å². The minimum absolute atomic E-state index is 0.619. The van der Waals surface area contributed by atoms with Gasteiger partial charge in [0.25, 0.3) is 0 Å². The molecule has 0 aromatic carbocycles. The Hall–Kier alpha value is -1.31. The van der Waals surface area contributed by atoms with Gasteiger partial charge in [0.05, 0.1) is 5.69 Å². The zero-order valence-corrected chi connectivity index (χ0v) is 5.79. The van der Waals surface area contributed by atoms with E-state index in [1.54, 1.807) is 12.3 Å². The van der Waals surface area contributed by atoms with Crippen LogP contribution in [-0.2, 0) is 0 Å². The second-order valence-electron chi connectivity index (χ2n) is 2.01. The standard InChI is InChI=1S/C8H9NO/c1-2-3-7-4-8(6-10)9-5-7/h2-6,9H,1H3. The molecule has 1 aromatic rings. The molecule has 0 aliphatic carbocycles. The van der Waals surface area contributed by atoms with E-state index < -0.39 is 0 Å². The van der Waals surface area contributed by atoms with Crippen molar-refractivity contribution in [2.24, 2.45) is 0 Å². The number of rotatable bonds is 2. The molecule has 1 N–H and O–H groups in total. The van der Waals surface area contributed by atoms with Gasteiger partial charge in [0, 0.05) is 6.20 Å². The average molecular weight is 135 g/mol. The number of hydrogen-bond donors (Lipinski definition) is 1. The van der Waals surface area contributed by atoms with Gasteiger partial charge in [0.15, 0.2) is 6.29 Å². The van der Waals surface area contributed by atoms with Crippen LogP contribution in [0.15, 0.2) is 18.3 Å². The van der Waals surface area contributed by atoms with Crippen molar-refractivity contribution >= 4 is 12.4 Å². The molecular weight excluding hydrogens is 126 g/mol. The Bertz CT molecular complexity index is 248. The Morgan fingerprint density at radius 2 is 2.40 bits per heavy atom. The van der Waals surface area contributed by atoms with Crippen LogP contribution >= 0.6 is 0 Å². The Morgan fingerprint density at radius 1 is 1.60 bits per heavy atom. The summed E-state index contributed by atoms with van der Waals surface area (Å²) in [6.45, 7) is 1.94. The van der Waals surface area contributed by atoms with Crippen molar-refractivity contribution in [2.45, 2.75) is 6.92 Å². The number of allylic oxidation sites excluding steroid dienone is 1. The number of carbonyl (C=O) groups excluding carboxylic acids is 1. The van der Waals surface area contributed by atoms with Crippen molar-refractivity contribution in [3.63, 3.8) is 0 Å². The summed E-state index contributed by atoms with van der Waals surface area (Å²) in [6, 6.07) is 1.80. The monoisotopic (exact) mass is 135 g/mol. The highest BCUT2D eigenvalue weighted by molar-refractivity contribution is 5.73. The van der Waals surface area contributed by atoms with Crippen LogP contribution < -0.4 is 0 Å². The molecule has 0 unspecified atom stereocenters. The van der Waals surface area contributed by atoms with Crippen LogP contribution in [0, 0.1) is 0 Å². The van der Waals surface area contributed by atoms with Gasteiger partial charge >= 0.3 is 0 Å². The molecule has 1 aromatic heterocycles. The van der Waals surface area contributed by atoms with Crippen LogP contribution in [0.4, 0.5) is 0 Å². The number of hydrogen-bond acceptors (Lipinski definition) is 1. The molecule has 0 spiro atoms. The second-order valence-corrected chi connectivity index (χ2v) is 2.01. The third kappa shape index (κ3) is 1.35. The van der Waals surface area contributed by atoms with E-state index >= 15 is 0 Å². The fraction of sp³-hybridized carbons (Fsp3) is 0.125. The molecule has 0 aliphatic rings. The normalized spacial score (nSPS) is 10.5. The Balaban J connectivity index is 2.87. The lowest BCUT2D eigenvalue weighted by Crippen LogP contribution is -1.72. The zero-order chi connectivity index (χ0) is 7.40.